The van der Waals surface area contributed by atoms with Crippen molar-refractivity contribution in [1.29, 1.82) is 0 Å². The summed E-state index contributed by atoms with van der Waals surface area (Å²) in [5, 5.41) is 13.6. The fraction of sp³-hybridized carbons (Fsp3) is 0.308. The third kappa shape index (κ3) is 4.94. The van der Waals surface area contributed by atoms with E-state index in [1.54, 1.807) is 19.2 Å². The van der Waals surface area contributed by atoms with E-state index in [2.05, 4.69) is 21.3 Å². The van der Waals surface area contributed by atoms with E-state index in [4.69, 9.17) is 20.3 Å². The lowest BCUT2D eigenvalue weighted by atomic mass is 9.77. The monoisotopic (exact) mass is 504 g/mol. The number of nitrogens with two attached hydrogens (primary N) is 1. The number of amides is 1. The van der Waals surface area contributed by atoms with E-state index >= 15 is 0 Å². The van der Waals surface area contributed by atoms with Crippen LogP contribution in [0.2, 0.25) is 0 Å². The molecule has 9 nitrogen and oxygen atoms in total. The van der Waals surface area contributed by atoms with Gasteiger partial charge in [-0.3, -0.25) is 4.79 Å². The highest BCUT2D eigenvalue weighted by Crippen LogP contribution is 2.45. The molecule has 0 saturated heterocycles. The number of H-pyrrole nitrogens is 1. The van der Waals surface area contributed by atoms with Crippen molar-refractivity contribution in [2.75, 3.05) is 25.7 Å². The number of fused-ring (bicyclic) bond motifs is 1. The molecule has 10 heteroatoms. The number of ether oxygens (including phenoxy) is 2. The Morgan fingerprint density at radius 1 is 1.14 bits per heavy atom. The lowest BCUT2D eigenvalue weighted by Crippen LogP contribution is -2.32. The molecule has 1 aromatic heterocycles. The predicted molar refractivity (Wildman–Crippen MR) is 140 cm³/mol. The van der Waals surface area contributed by atoms with Crippen molar-refractivity contribution < 1.29 is 14.3 Å². The Morgan fingerprint density at radius 2 is 1.83 bits per heavy atom. The van der Waals surface area contributed by atoms with Crippen molar-refractivity contribution >= 4 is 35.4 Å². The van der Waals surface area contributed by atoms with Gasteiger partial charge in [-0.15, -0.1) is 5.10 Å². The molecule has 0 radical (unpaired) electrons. The number of allylic oxidation sites excluding steroid dienone is 1. The number of anilines is 1. The molecule has 2 heterocycles. The van der Waals surface area contributed by atoms with E-state index < -0.39 is 0 Å². The van der Waals surface area contributed by atoms with E-state index in [-0.39, 0.29) is 29.6 Å². The second kappa shape index (κ2) is 10.4. The van der Waals surface area contributed by atoms with Crippen LogP contribution in [0.15, 0.2) is 64.4 Å². The fourth-order valence-corrected chi connectivity index (χ4v) is 5.42. The minimum absolute atomic E-state index is 0.102. The van der Waals surface area contributed by atoms with Crippen LogP contribution in [0.25, 0.3) is 6.08 Å². The Hall–Kier alpha value is -3.79. The maximum Gasteiger partial charge on any atom is 0.253 e. The Balaban J connectivity index is 1.46. The highest BCUT2D eigenvalue weighted by molar-refractivity contribution is 7.99. The van der Waals surface area contributed by atoms with Crippen LogP contribution in [0.1, 0.15) is 36.4 Å². The van der Waals surface area contributed by atoms with Crippen LogP contribution in [-0.4, -0.2) is 51.8 Å². The molecule has 0 spiro atoms. The zero-order valence-corrected chi connectivity index (χ0v) is 21.0. The zero-order valence-electron chi connectivity index (χ0n) is 20.2. The first-order chi connectivity index (χ1) is 17.6. The van der Waals surface area contributed by atoms with Gasteiger partial charge in [0.25, 0.3) is 5.91 Å². The molecule has 0 bridgehead atoms. The first-order valence-electron chi connectivity index (χ1n) is 11.8. The standard InChI is InChI=1S/C26H28N6O3S/c1-34-19-10-6-16(7-11-19)14-18-4-3-5-21-23(18)31-32(22(33)15-36-26-28-25(27)29-30-26)24(21)17-8-12-20(35-2)13-9-17/h6-14,21,24H,3-5,15H2,1-2H3,(H3,27,28,29,30)/b18-14+/t21-,24-/m0/s1. The summed E-state index contributed by atoms with van der Waals surface area (Å²) in [4.78, 5) is 17.5. The van der Waals surface area contributed by atoms with Gasteiger partial charge in [0.1, 0.15) is 11.5 Å². The SMILES string of the molecule is COc1ccc(/C=C2\CCC[C@H]3C2=NN(C(=O)CSc2n[nH]c(N)n2)[C@H]3c2ccc(OC)cc2)cc1. The van der Waals surface area contributed by atoms with Gasteiger partial charge in [-0.05, 0) is 66.3 Å². The molecule has 2 aromatic carbocycles. The number of carbonyl (C=O) groups excluding carboxylic acids is 1. The Bertz CT molecular complexity index is 1290. The molecular formula is C26H28N6O3S. The number of aromatic amines is 1. The number of nitrogen functional groups attached to an aromatic ring is 1. The molecule has 3 N–H and O–H groups in total. The molecule has 36 heavy (non-hydrogen) atoms. The van der Waals surface area contributed by atoms with E-state index in [1.807, 2.05) is 48.5 Å². The smallest absolute Gasteiger partial charge is 0.253 e. The fourth-order valence-electron chi connectivity index (χ4n) is 4.76. The second-order valence-corrected chi connectivity index (χ2v) is 9.62. The second-order valence-electron chi connectivity index (χ2n) is 8.67. The Labute approximate surface area is 213 Å². The topological polar surface area (TPSA) is 119 Å². The summed E-state index contributed by atoms with van der Waals surface area (Å²) in [6, 6.07) is 15.7. The van der Waals surface area contributed by atoms with Gasteiger partial charge < -0.3 is 15.2 Å². The van der Waals surface area contributed by atoms with Crippen LogP contribution in [-0.2, 0) is 4.79 Å². The number of nitrogens with one attached hydrogen (secondary N) is 1. The molecule has 0 unspecified atom stereocenters. The van der Waals surface area contributed by atoms with E-state index in [9.17, 15) is 4.79 Å². The summed E-state index contributed by atoms with van der Waals surface area (Å²) in [5.74, 6) is 1.99. The van der Waals surface area contributed by atoms with Gasteiger partial charge in [-0.2, -0.15) is 10.1 Å². The lowest BCUT2D eigenvalue weighted by Gasteiger charge is -2.29. The number of carbonyl (C=O) groups is 1. The predicted octanol–water partition coefficient (Wildman–Crippen LogP) is 4.32. The average Bonchev–Trinajstić information content (AvgIpc) is 3.52. The minimum Gasteiger partial charge on any atom is -0.497 e. The van der Waals surface area contributed by atoms with E-state index in [0.29, 0.717) is 5.16 Å². The van der Waals surface area contributed by atoms with Gasteiger partial charge in [0, 0.05) is 5.92 Å². The Kier molecular flexibility index (Phi) is 6.95. The number of hydrogen-bond donors (Lipinski definition) is 2. The van der Waals surface area contributed by atoms with Gasteiger partial charge in [0.2, 0.25) is 11.1 Å². The largest absolute Gasteiger partial charge is 0.497 e. The molecule has 3 aromatic rings. The van der Waals surface area contributed by atoms with Crippen LogP contribution in [0.5, 0.6) is 11.5 Å². The first-order valence-corrected chi connectivity index (χ1v) is 12.7. The summed E-state index contributed by atoms with van der Waals surface area (Å²) < 4.78 is 10.6. The molecule has 5 rings (SSSR count). The summed E-state index contributed by atoms with van der Waals surface area (Å²) in [5.41, 5.74) is 9.88. The molecule has 186 valence electrons. The molecule has 1 aliphatic heterocycles. The molecular weight excluding hydrogens is 476 g/mol. The minimum atomic E-state index is -0.184. The zero-order chi connectivity index (χ0) is 25.1. The summed E-state index contributed by atoms with van der Waals surface area (Å²) in [6.07, 6.45) is 5.09. The van der Waals surface area contributed by atoms with E-state index in [1.165, 1.54) is 17.3 Å². The number of methoxy groups -OCH3 is 2. The van der Waals surface area contributed by atoms with Gasteiger partial charge >= 0.3 is 0 Å². The van der Waals surface area contributed by atoms with Crippen LogP contribution < -0.4 is 15.2 Å². The maximum absolute atomic E-state index is 13.5. The highest BCUT2D eigenvalue weighted by Gasteiger charge is 2.43. The van der Waals surface area contributed by atoms with Crippen molar-refractivity contribution in [2.45, 2.75) is 30.5 Å². The maximum atomic E-state index is 13.5. The molecule has 1 aliphatic carbocycles. The molecule has 2 aliphatic rings. The number of benzene rings is 2. The normalized spacial score (nSPS) is 20.2. The van der Waals surface area contributed by atoms with Crippen molar-refractivity contribution in [3.63, 3.8) is 0 Å². The van der Waals surface area contributed by atoms with Gasteiger partial charge in [-0.1, -0.05) is 36.0 Å². The number of hydrazone groups is 1. The van der Waals surface area contributed by atoms with Crippen molar-refractivity contribution in [2.24, 2.45) is 11.0 Å². The number of nitrogens with zero attached hydrogens (tertiary/aromatic N) is 4. The molecule has 1 fully saturated rings. The highest BCUT2D eigenvalue weighted by atomic mass is 32.2. The van der Waals surface area contributed by atoms with Crippen LogP contribution in [0.4, 0.5) is 5.95 Å². The van der Waals surface area contributed by atoms with Crippen molar-refractivity contribution in [3.8, 4) is 11.5 Å². The van der Waals surface area contributed by atoms with Gasteiger partial charge in [0.15, 0.2) is 0 Å². The third-order valence-corrected chi connectivity index (χ3v) is 7.31. The quantitative estimate of drug-likeness (QED) is 0.460. The third-order valence-electron chi connectivity index (χ3n) is 6.48. The number of rotatable bonds is 7. The number of hydrogen-bond acceptors (Lipinski definition) is 8. The van der Waals surface area contributed by atoms with Crippen LogP contribution in [0, 0.1) is 5.92 Å². The Morgan fingerprint density at radius 3 is 2.47 bits per heavy atom. The van der Waals surface area contributed by atoms with Crippen molar-refractivity contribution in [1.82, 2.24) is 20.2 Å². The molecule has 2 atom stereocenters. The van der Waals surface area contributed by atoms with Gasteiger partial charge in [0.05, 0.1) is 31.7 Å². The van der Waals surface area contributed by atoms with Gasteiger partial charge in [-0.25, -0.2) is 10.1 Å². The van der Waals surface area contributed by atoms with Crippen LogP contribution >= 0.6 is 11.8 Å². The molecule has 1 saturated carbocycles. The summed E-state index contributed by atoms with van der Waals surface area (Å²) in [7, 11) is 3.30. The number of thioether (sulfide) groups is 1. The van der Waals surface area contributed by atoms with E-state index in [0.717, 1.165) is 47.6 Å². The van der Waals surface area contributed by atoms with Crippen molar-refractivity contribution in [3.05, 3.63) is 65.2 Å². The van der Waals surface area contributed by atoms with Crippen LogP contribution in [0.3, 0.4) is 0 Å². The first kappa shape index (κ1) is 23.9. The summed E-state index contributed by atoms with van der Waals surface area (Å²) >= 11 is 1.24. The lowest BCUT2D eigenvalue weighted by molar-refractivity contribution is -0.130. The number of aromatic nitrogens is 3. The average molecular weight is 505 g/mol. The molecule has 1 amide bonds. The summed E-state index contributed by atoms with van der Waals surface area (Å²) in [6.45, 7) is 0.